The lowest BCUT2D eigenvalue weighted by atomic mass is 9.78. The number of rotatable bonds is 0. The van der Waals surface area contributed by atoms with E-state index in [1.54, 1.807) is 0 Å². The monoisotopic (exact) mass is 151 g/mol. The molecule has 60 valence electrons. The molecule has 2 rings (SSSR count). The van der Waals surface area contributed by atoms with Crippen LogP contribution in [0.25, 0.3) is 0 Å². The normalized spacial score (nSPS) is 34.5. The molecule has 2 aliphatic carbocycles. The van der Waals surface area contributed by atoms with Crippen molar-refractivity contribution >= 4 is 11.5 Å². The summed E-state index contributed by atoms with van der Waals surface area (Å²) in [4.78, 5) is 11.4. The summed E-state index contributed by atoms with van der Waals surface area (Å²) in [6.45, 7) is 1.98. The molecule has 0 aromatic rings. The Labute approximate surface area is 66.5 Å². The van der Waals surface area contributed by atoms with E-state index in [9.17, 15) is 4.79 Å². The third-order valence-corrected chi connectivity index (χ3v) is 3.06. The molecule has 0 radical (unpaired) electrons. The topological polar surface area (TPSA) is 40.9 Å². The van der Waals surface area contributed by atoms with Crippen molar-refractivity contribution in [1.29, 1.82) is 5.41 Å². The molecule has 0 aromatic heterocycles. The van der Waals surface area contributed by atoms with Crippen LogP contribution in [-0.2, 0) is 4.79 Å². The fourth-order valence-corrected chi connectivity index (χ4v) is 1.86. The van der Waals surface area contributed by atoms with Gasteiger partial charge in [-0.15, -0.1) is 0 Å². The van der Waals surface area contributed by atoms with Crippen molar-refractivity contribution < 1.29 is 4.79 Å². The number of nitrogens with one attached hydrogen (secondary N) is 1. The third kappa shape index (κ3) is 0.924. The van der Waals surface area contributed by atoms with Crippen LogP contribution in [0.2, 0.25) is 0 Å². The van der Waals surface area contributed by atoms with E-state index in [2.05, 4.69) is 0 Å². The quantitative estimate of drug-likeness (QED) is 0.563. The molecule has 0 heterocycles. The molecular formula is C9H13NO. The second-order valence-electron chi connectivity index (χ2n) is 4.01. The zero-order chi connectivity index (χ0) is 8.06. The predicted molar refractivity (Wildman–Crippen MR) is 42.8 cm³/mol. The minimum Gasteiger partial charge on any atom is -0.309 e. The van der Waals surface area contributed by atoms with Crippen molar-refractivity contribution in [2.75, 3.05) is 0 Å². The molecule has 1 unspecified atom stereocenters. The summed E-state index contributed by atoms with van der Waals surface area (Å²) in [6, 6.07) is 0. The lowest BCUT2D eigenvalue weighted by molar-refractivity contribution is -0.125. The Kier molecular flexibility index (Phi) is 1.23. The fourth-order valence-electron chi connectivity index (χ4n) is 1.86. The Balaban J connectivity index is 2.18. The first kappa shape index (κ1) is 7.01. The minimum atomic E-state index is -0.0242. The molecule has 0 amide bonds. The van der Waals surface area contributed by atoms with Crippen LogP contribution in [0, 0.1) is 16.7 Å². The zero-order valence-electron chi connectivity index (χ0n) is 6.81. The van der Waals surface area contributed by atoms with Crippen molar-refractivity contribution in [3.05, 3.63) is 0 Å². The molecule has 1 spiro atoms. The first-order valence-corrected chi connectivity index (χ1v) is 4.25. The highest BCUT2D eigenvalue weighted by Crippen LogP contribution is 2.53. The van der Waals surface area contributed by atoms with Crippen LogP contribution in [-0.4, -0.2) is 11.5 Å². The fraction of sp³-hybridized carbons (Fsp3) is 0.778. The van der Waals surface area contributed by atoms with Gasteiger partial charge >= 0.3 is 0 Å². The van der Waals surface area contributed by atoms with E-state index in [1.807, 2.05) is 6.92 Å². The van der Waals surface area contributed by atoms with E-state index in [0.29, 0.717) is 12.2 Å². The summed E-state index contributed by atoms with van der Waals surface area (Å²) in [5.74, 6) is 0.634. The highest BCUT2D eigenvalue weighted by molar-refractivity contribution is 6.01. The molecule has 2 fully saturated rings. The van der Waals surface area contributed by atoms with Crippen LogP contribution in [0.1, 0.15) is 32.6 Å². The summed E-state index contributed by atoms with van der Waals surface area (Å²) in [5, 5.41) is 7.63. The Morgan fingerprint density at radius 2 is 2.18 bits per heavy atom. The van der Waals surface area contributed by atoms with E-state index in [1.165, 1.54) is 0 Å². The Morgan fingerprint density at radius 1 is 1.55 bits per heavy atom. The van der Waals surface area contributed by atoms with Gasteiger partial charge in [-0.2, -0.15) is 0 Å². The van der Waals surface area contributed by atoms with Crippen molar-refractivity contribution in [2.45, 2.75) is 32.6 Å². The Bertz CT molecular complexity index is 228. The van der Waals surface area contributed by atoms with Gasteiger partial charge in [0.15, 0.2) is 0 Å². The number of carbonyl (C=O) groups is 1. The maximum atomic E-state index is 11.4. The minimum absolute atomic E-state index is 0.0242. The van der Waals surface area contributed by atoms with Gasteiger partial charge in [0.2, 0.25) is 0 Å². The Morgan fingerprint density at radius 3 is 2.73 bits per heavy atom. The number of Topliss-reactive ketones (excluding diaryl/α,β-unsaturated/α-hetero) is 1. The van der Waals surface area contributed by atoms with Crippen LogP contribution < -0.4 is 0 Å². The molecule has 0 aromatic carbocycles. The van der Waals surface area contributed by atoms with Gasteiger partial charge in [0.05, 0.1) is 0 Å². The number of hydrogen-bond donors (Lipinski definition) is 1. The van der Waals surface area contributed by atoms with E-state index in [-0.39, 0.29) is 11.3 Å². The highest BCUT2D eigenvalue weighted by atomic mass is 16.1. The zero-order valence-corrected chi connectivity index (χ0v) is 6.81. The summed E-state index contributed by atoms with van der Waals surface area (Å²) < 4.78 is 0. The van der Waals surface area contributed by atoms with Gasteiger partial charge in [0.25, 0.3) is 0 Å². The van der Waals surface area contributed by atoms with E-state index < -0.39 is 0 Å². The van der Waals surface area contributed by atoms with Gasteiger partial charge in [-0.3, -0.25) is 4.79 Å². The molecule has 0 aliphatic heterocycles. The number of hydrogen-bond acceptors (Lipinski definition) is 2. The lowest BCUT2D eigenvalue weighted by Crippen LogP contribution is -2.31. The summed E-state index contributed by atoms with van der Waals surface area (Å²) in [7, 11) is 0. The van der Waals surface area contributed by atoms with E-state index >= 15 is 0 Å². The average molecular weight is 151 g/mol. The van der Waals surface area contributed by atoms with Crippen molar-refractivity contribution in [3.63, 3.8) is 0 Å². The average Bonchev–Trinajstić information content (AvgIpc) is 2.66. The van der Waals surface area contributed by atoms with Gasteiger partial charge in [0, 0.05) is 23.5 Å². The van der Waals surface area contributed by atoms with Gasteiger partial charge in [-0.1, -0.05) is 6.92 Å². The van der Waals surface area contributed by atoms with Gasteiger partial charge in [0.1, 0.15) is 5.78 Å². The lowest BCUT2D eigenvalue weighted by Gasteiger charge is -2.25. The Hall–Kier alpha value is -0.660. The molecule has 2 aliphatic rings. The van der Waals surface area contributed by atoms with Crippen LogP contribution in [0.15, 0.2) is 0 Å². The molecule has 1 N–H and O–H groups in total. The van der Waals surface area contributed by atoms with Gasteiger partial charge in [-0.25, -0.2) is 0 Å². The second kappa shape index (κ2) is 1.93. The second-order valence-corrected chi connectivity index (χ2v) is 4.01. The maximum absolute atomic E-state index is 11.4. The van der Waals surface area contributed by atoms with Crippen molar-refractivity contribution in [1.82, 2.24) is 0 Å². The molecule has 2 saturated carbocycles. The maximum Gasteiger partial charge on any atom is 0.140 e. The molecular weight excluding hydrogens is 138 g/mol. The molecule has 11 heavy (non-hydrogen) atoms. The molecule has 1 atom stereocenters. The molecule has 2 heteroatoms. The summed E-state index contributed by atoms with van der Waals surface area (Å²) in [5.41, 5.74) is 0.769. The predicted octanol–water partition coefficient (Wildman–Crippen LogP) is 1.79. The molecule has 0 saturated heterocycles. The summed E-state index contributed by atoms with van der Waals surface area (Å²) in [6.07, 6.45) is 3.47. The van der Waals surface area contributed by atoms with Gasteiger partial charge < -0.3 is 5.41 Å². The standard InChI is InChI=1S/C9H13NO/c1-6-4-8(11)9(2-3-9)5-7(6)10/h6,10H,2-5H2,1H3. The summed E-state index contributed by atoms with van der Waals surface area (Å²) >= 11 is 0. The largest absolute Gasteiger partial charge is 0.309 e. The van der Waals surface area contributed by atoms with Crippen LogP contribution in [0.4, 0.5) is 0 Å². The SMILES string of the molecule is CC1CC(=O)C2(CC2)CC1=N. The highest BCUT2D eigenvalue weighted by Gasteiger charge is 2.52. The molecule has 0 bridgehead atoms. The first-order valence-electron chi connectivity index (χ1n) is 4.25. The van der Waals surface area contributed by atoms with Crippen LogP contribution in [0.3, 0.4) is 0 Å². The van der Waals surface area contributed by atoms with Crippen LogP contribution >= 0.6 is 0 Å². The smallest absolute Gasteiger partial charge is 0.140 e. The van der Waals surface area contributed by atoms with E-state index in [4.69, 9.17) is 5.41 Å². The van der Waals surface area contributed by atoms with Crippen molar-refractivity contribution in [3.8, 4) is 0 Å². The number of carbonyl (C=O) groups excluding carboxylic acids is 1. The molecule has 2 nitrogen and oxygen atoms in total. The van der Waals surface area contributed by atoms with Gasteiger partial charge in [-0.05, 0) is 19.3 Å². The third-order valence-electron chi connectivity index (χ3n) is 3.06. The number of ketones is 1. The van der Waals surface area contributed by atoms with E-state index in [0.717, 1.165) is 25.0 Å². The first-order chi connectivity index (χ1) is 5.14. The van der Waals surface area contributed by atoms with Crippen LogP contribution in [0.5, 0.6) is 0 Å². The van der Waals surface area contributed by atoms with Crippen molar-refractivity contribution in [2.24, 2.45) is 11.3 Å².